The first-order valence-electron chi connectivity index (χ1n) is 5.42. The topological polar surface area (TPSA) is 26.0 Å². The van der Waals surface area contributed by atoms with Gasteiger partial charge < -0.3 is 5.73 Å². The maximum Gasteiger partial charge on any atom is 0.0598 e. The minimum Gasteiger partial charge on any atom is -0.323 e. The van der Waals surface area contributed by atoms with Crippen LogP contribution in [0.1, 0.15) is 24.3 Å². The number of hydrogen-bond donors (Lipinski definition) is 1. The van der Waals surface area contributed by atoms with E-state index in [4.69, 9.17) is 28.9 Å². The minimum absolute atomic E-state index is 0.122. The Morgan fingerprint density at radius 3 is 2.59 bits per heavy atom. The van der Waals surface area contributed by atoms with Gasteiger partial charge in [0.25, 0.3) is 0 Å². The summed E-state index contributed by atoms with van der Waals surface area (Å²) in [6.45, 7) is 2.09. The third-order valence-electron chi connectivity index (χ3n) is 2.64. The predicted octanol–water partition coefficient (Wildman–Crippen LogP) is 5.13. The van der Waals surface area contributed by atoms with Crippen LogP contribution < -0.4 is 5.73 Å². The van der Waals surface area contributed by atoms with Crippen molar-refractivity contribution in [2.24, 2.45) is 5.73 Å². The van der Waals surface area contributed by atoms with Crippen molar-refractivity contribution in [3.8, 4) is 10.4 Å². The van der Waals surface area contributed by atoms with Crippen molar-refractivity contribution in [3.05, 3.63) is 45.3 Å². The van der Waals surface area contributed by atoms with E-state index in [2.05, 4.69) is 19.1 Å². The molecule has 0 saturated carbocycles. The number of rotatable bonds is 3. The zero-order valence-corrected chi connectivity index (χ0v) is 11.7. The third-order valence-corrected chi connectivity index (χ3v) is 4.64. The average molecular weight is 286 g/mol. The van der Waals surface area contributed by atoms with E-state index in [-0.39, 0.29) is 6.04 Å². The fraction of sp³-hybridized carbons (Fsp3) is 0.231. The summed E-state index contributed by atoms with van der Waals surface area (Å²) < 4.78 is 0. The van der Waals surface area contributed by atoms with Crippen molar-refractivity contribution < 1.29 is 0 Å². The Bertz CT molecular complexity index is 522. The van der Waals surface area contributed by atoms with Crippen LogP contribution in [0.3, 0.4) is 0 Å². The molecule has 0 aliphatic heterocycles. The Hall–Kier alpha value is -0.540. The molecule has 0 amide bonds. The Morgan fingerprint density at radius 1 is 1.18 bits per heavy atom. The highest BCUT2D eigenvalue weighted by molar-refractivity contribution is 7.15. The molecule has 1 aromatic carbocycles. The van der Waals surface area contributed by atoms with Crippen molar-refractivity contribution >= 4 is 34.5 Å². The molecule has 1 heterocycles. The summed E-state index contributed by atoms with van der Waals surface area (Å²) in [7, 11) is 0. The molecule has 1 atom stereocenters. The first-order chi connectivity index (χ1) is 8.11. The quantitative estimate of drug-likeness (QED) is 0.831. The first-order valence-corrected chi connectivity index (χ1v) is 6.99. The van der Waals surface area contributed by atoms with Gasteiger partial charge in [-0.25, -0.2) is 0 Å². The molecule has 2 N–H and O–H groups in total. The van der Waals surface area contributed by atoms with E-state index in [1.54, 1.807) is 11.3 Å². The molecule has 0 radical (unpaired) electrons. The molecule has 1 nitrogen and oxygen atoms in total. The van der Waals surface area contributed by atoms with E-state index in [9.17, 15) is 0 Å². The summed E-state index contributed by atoms with van der Waals surface area (Å²) >= 11 is 13.6. The zero-order chi connectivity index (χ0) is 12.4. The van der Waals surface area contributed by atoms with Crippen molar-refractivity contribution in [1.29, 1.82) is 0 Å². The largest absolute Gasteiger partial charge is 0.323 e. The lowest BCUT2D eigenvalue weighted by Gasteiger charge is -2.04. The Morgan fingerprint density at radius 2 is 1.94 bits per heavy atom. The maximum absolute atomic E-state index is 6.01. The lowest BCUT2D eigenvalue weighted by Crippen LogP contribution is -2.05. The van der Waals surface area contributed by atoms with Crippen molar-refractivity contribution in [2.45, 2.75) is 19.4 Å². The molecule has 0 fully saturated rings. The highest BCUT2D eigenvalue weighted by Gasteiger charge is 2.09. The second kappa shape index (κ2) is 5.40. The van der Waals surface area contributed by atoms with Crippen LogP contribution in [0.2, 0.25) is 10.0 Å². The SMILES string of the molecule is CCC(N)c1ccc(-c2ccc(Cl)c(Cl)c2)s1. The van der Waals surface area contributed by atoms with Gasteiger partial charge in [-0.2, -0.15) is 0 Å². The molecular formula is C13H13Cl2NS. The monoisotopic (exact) mass is 285 g/mol. The third kappa shape index (κ3) is 2.83. The number of thiophene rings is 1. The fourth-order valence-corrected chi connectivity index (χ4v) is 2.94. The van der Waals surface area contributed by atoms with E-state index in [1.165, 1.54) is 9.75 Å². The zero-order valence-electron chi connectivity index (χ0n) is 9.41. The molecule has 0 saturated heterocycles. The molecule has 0 aliphatic carbocycles. The molecule has 0 bridgehead atoms. The molecule has 1 unspecified atom stereocenters. The van der Waals surface area contributed by atoms with E-state index >= 15 is 0 Å². The predicted molar refractivity (Wildman–Crippen MR) is 77.0 cm³/mol. The number of hydrogen-bond acceptors (Lipinski definition) is 2. The van der Waals surface area contributed by atoms with Gasteiger partial charge in [-0.1, -0.05) is 36.2 Å². The summed E-state index contributed by atoms with van der Waals surface area (Å²) in [4.78, 5) is 2.37. The van der Waals surface area contributed by atoms with Gasteiger partial charge in [0, 0.05) is 15.8 Å². The normalized spacial score (nSPS) is 12.7. The highest BCUT2D eigenvalue weighted by Crippen LogP contribution is 2.34. The van der Waals surface area contributed by atoms with Crippen LogP contribution in [0.25, 0.3) is 10.4 Å². The van der Waals surface area contributed by atoms with Crippen molar-refractivity contribution in [3.63, 3.8) is 0 Å². The van der Waals surface area contributed by atoms with Crippen LogP contribution in [-0.2, 0) is 0 Å². The van der Waals surface area contributed by atoms with E-state index in [0.29, 0.717) is 10.0 Å². The average Bonchev–Trinajstić information content (AvgIpc) is 2.81. The lowest BCUT2D eigenvalue weighted by molar-refractivity contribution is 0.712. The fourth-order valence-electron chi connectivity index (χ4n) is 1.56. The van der Waals surface area contributed by atoms with Crippen LogP contribution in [0, 0.1) is 0 Å². The molecule has 2 aromatic rings. The smallest absolute Gasteiger partial charge is 0.0598 e. The van der Waals surface area contributed by atoms with Crippen LogP contribution in [-0.4, -0.2) is 0 Å². The van der Waals surface area contributed by atoms with Gasteiger partial charge in [0.05, 0.1) is 10.0 Å². The summed E-state index contributed by atoms with van der Waals surface area (Å²) in [6, 6.07) is 9.96. The molecule has 90 valence electrons. The lowest BCUT2D eigenvalue weighted by atomic mass is 10.2. The van der Waals surface area contributed by atoms with Gasteiger partial charge in [0.1, 0.15) is 0 Å². The second-order valence-electron chi connectivity index (χ2n) is 3.85. The van der Waals surface area contributed by atoms with Crippen molar-refractivity contribution in [1.82, 2.24) is 0 Å². The Labute approximate surface area is 115 Å². The molecule has 1 aromatic heterocycles. The van der Waals surface area contributed by atoms with Gasteiger partial charge in [-0.15, -0.1) is 11.3 Å². The molecular weight excluding hydrogens is 273 g/mol. The van der Waals surface area contributed by atoms with Crippen LogP contribution in [0.4, 0.5) is 0 Å². The minimum atomic E-state index is 0.122. The summed E-state index contributed by atoms with van der Waals surface area (Å²) in [5.74, 6) is 0. The van der Waals surface area contributed by atoms with Crippen LogP contribution >= 0.6 is 34.5 Å². The van der Waals surface area contributed by atoms with Gasteiger partial charge >= 0.3 is 0 Å². The van der Waals surface area contributed by atoms with Crippen LogP contribution in [0.5, 0.6) is 0 Å². The summed E-state index contributed by atoms with van der Waals surface area (Å²) in [5, 5.41) is 1.16. The summed E-state index contributed by atoms with van der Waals surface area (Å²) in [5.41, 5.74) is 7.09. The molecule has 0 aliphatic rings. The first kappa shape index (κ1) is 12.9. The van der Waals surface area contributed by atoms with Crippen LogP contribution in [0.15, 0.2) is 30.3 Å². The van der Waals surface area contributed by atoms with Gasteiger partial charge in [0.2, 0.25) is 0 Å². The van der Waals surface area contributed by atoms with E-state index < -0.39 is 0 Å². The highest BCUT2D eigenvalue weighted by atomic mass is 35.5. The molecule has 2 rings (SSSR count). The molecule has 4 heteroatoms. The number of benzene rings is 1. The Kier molecular flexibility index (Phi) is 4.10. The van der Waals surface area contributed by atoms with Crippen molar-refractivity contribution in [2.75, 3.05) is 0 Å². The molecule has 0 spiro atoms. The summed E-state index contributed by atoms with van der Waals surface area (Å²) in [6.07, 6.45) is 0.946. The van der Waals surface area contributed by atoms with Gasteiger partial charge in [-0.3, -0.25) is 0 Å². The van der Waals surface area contributed by atoms with E-state index in [0.717, 1.165) is 12.0 Å². The number of halogens is 2. The Balaban J connectivity index is 2.33. The van der Waals surface area contributed by atoms with E-state index in [1.807, 2.05) is 18.2 Å². The molecule has 17 heavy (non-hydrogen) atoms. The standard InChI is InChI=1S/C13H13Cl2NS/c1-2-11(16)13-6-5-12(17-13)8-3-4-9(14)10(15)7-8/h3-7,11H,2,16H2,1H3. The maximum atomic E-state index is 6.01. The van der Waals surface area contributed by atoms with Gasteiger partial charge in [-0.05, 0) is 36.2 Å². The second-order valence-corrected chi connectivity index (χ2v) is 5.78. The number of nitrogens with two attached hydrogens (primary N) is 1. The van der Waals surface area contributed by atoms with Gasteiger partial charge in [0.15, 0.2) is 0 Å².